The maximum Gasteiger partial charge on any atom is 0.301 e. The molecule has 0 amide bonds. The zero-order valence-electron chi connectivity index (χ0n) is 6.61. The normalized spacial score (nSPS) is 11.7. The van der Waals surface area contributed by atoms with Gasteiger partial charge in [-0.05, 0) is 13.8 Å². The van der Waals surface area contributed by atoms with E-state index in [0.717, 1.165) is 0 Å². The average molecular weight is 169 g/mol. The van der Waals surface area contributed by atoms with Crippen LogP contribution in [0.1, 0.15) is 11.6 Å². The van der Waals surface area contributed by atoms with Crippen LogP contribution in [0.2, 0.25) is 0 Å². The molecule has 1 aromatic rings. The van der Waals surface area contributed by atoms with Crippen molar-refractivity contribution >= 4 is 0 Å². The summed E-state index contributed by atoms with van der Waals surface area (Å²) in [6.07, 6.45) is 0. The van der Waals surface area contributed by atoms with E-state index in [2.05, 4.69) is 20.1 Å². The number of aryl methyl sites for hydroxylation is 2. The van der Waals surface area contributed by atoms with E-state index in [9.17, 15) is 10.1 Å². The van der Waals surface area contributed by atoms with E-state index < -0.39 is 5.03 Å². The molecular weight excluding hydrogens is 162 g/mol. The van der Waals surface area contributed by atoms with Crippen LogP contribution in [0.3, 0.4) is 0 Å². The second kappa shape index (κ2) is 3.07. The first-order valence-corrected chi connectivity index (χ1v) is 3.18. The van der Waals surface area contributed by atoms with Crippen molar-refractivity contribution in [3.63, 3.8) is 0 Å². The standard InChI is InChI=1S/C5H7N5O2/c1-3-6-4(2)8-5(7-3)9-10(11)12/h1-2H3,(H,6,7,8,9). The molecular formula is C5H7N5O2. The molecule has 0 saturated heterocycles. The van der Waals surface area contributed by atoms with Crippen LogP contribution in [-0.2, 0) is 0 Å². The van der Waals surface area contributed by atoms with Gasteiger partial charge in [-0.2, -0.15) is 4.98 Å². The van der Waals surface area contributed by atoms with Gasteiger partial charge in [-0.15, -0.1) is 0 Å². The summed E-state index contributed by atoms with van der Waals surface area (Å²) in [6, 6.07) is 0. The van der Waals surface area contributed by atoms with E-state index in [0.29, 0.717) is 11.6 Å². The van der Waals surface area contributed by atoms with Crippen molar-refractivity contribution in [3.05, 3.63) is 27.4 Å². The van der Waals surface area contributed by atoms with E-state index in [-0.39, 0.29) is 5.62 Å². The summed E-state index contributed by atoms with van der Waals surface area (Å²) in [7, 11) is 0. The molecule has 7 heteroatoms. The molecule has 12 heavy (non-hydrogen) atoms. The van der Waals surface area contributed by atoms with Crippen molar-refractivity contribution in [2.45, 2.75) is 13.8 Å². The number of nitrogens with zero attached hydrogens (tertiary/aromatic N) is 4. The average Bonchev–Trinajstić information content (AvgIpc) is 1.81. The quantitative estimate of drug-likeness (QED) is 0.453. The lowest BCUT2D eigenvalue weighted by Crippen LogP contribution is -2.18. The molecule has 0 aromatic carbocycles. The van der Waals surface area contributed by atoms with Gasteiger partial charge in [-0.25, -0.2) is 15.1 Å². The molecule has 1 heterocycles. The third-order valence-electron chi connectivity index (χ3n) is 1.07. The van der Waals surface area contributed by atoms with E-state index in [1.165, 1.54) is 0 Å². The Morgan fingerprint density at radius 2 is 2.17 bits per heavy atom. The minimum atomic E-state index is -0.808. The van der Waals surface area contributed by atoms with Gasteiger partial charge >= 0.3 is 5.62 Å². The molecule has 0 saturated carbocycles. The van der Waals surface area contributed by atoms with Crippen molar-refractivity contribution in [2.75, 3.05) is 0 Å². The zero-order valence-corrected chi connectivity index (χ0v) is 6.61. The van der Waals surface area contributed by atoms with E-state index in [1.54, 1.807) is 13.8 Å². The van der Waals surface area contributed by atoms with E-state index >= 15 is 0 Å². The Kier molecular flexibility index (Phi) is 2.13. The second-order valence-corrected chi connectivity index (χ2v) is 2.14. The fourth-order valence-corrected chi connectivity index (χ4v) is 0.763. The summed E-state index contributed by atoms with van der Waals surface area (Å²) >= 11 is 0. The van der Waals surface area contributed by atoms with Gasteiger partial charge in [-0.1, -0.05) is 0 Å². The first-order valence-electron chi connectivity index (χ1n) is 3.18. The predicted octanol–water partition coefficient (Wildman–Crippen LogP) is -0.486. The Hall–Kier alpha value is -1.79. The Morgan fingerprint density at radius 1 is 1.50 bits per heavy atom. The lowest BCUT2D eigenvalue weighted by molar-refractivity contribution is -0.491. The summed E-state index contributed by atoms with van der Waals surface area (Å²) in [6.45, 7) is 3.31. The van der Waals surface area contributed by atoms with Gasteiger partial charge in [0, 0.05) is 0 Å². The lowest BCUT2D eigenvalue weighted by Gasteiger charge is -1.91. The molecule has 0 atom stereocenters. The first-order chi connectivity index (χ1) is 5.58. The highest BCUT2D eigenvalue weighted by Crippen LogP contribution is 1.81. The Morgan fingerprint density at radius 3 is 2.67 bits per heavy atom. The molecule has 0 aliphatic carbocycles. The van der Waals surface area contributed by atoms with Gasteiger partial charge in [0.05, 0.1) is 0 Å². The highest BCUT2D eigenvalue weighted by Gasteiger charge is 1.95. The largest absolute Gasteiger partial charge is 0.307 e. The first kappa shape index (κ1) is 8.31. The van der Waals surface area contributed by atoms with Crippen molar-refractivity contribution in [2.24, 2.45) is 5.10 Å². The van der Waals surface area contributed by atoms with Gasteiger partial charge < -0.3 is 4.98 Å². The number of rotatable bonds is 1. The van der Waals surface area contributed by atoms with Crippen molar-refractivity contribution in [1.29, 1.82) is 0 Å². The van der Waals surface area contributed by atoms with Crippen LogP contribution in [-0.4, -0.2) is 20.0 Å². The third-order valence-corrected chi connectivity index (χ3v) is 1.07. The van der Waals surface area contributed by atoms with Crippen LogP contribution in [0.5, 0.6) is 0 Å². The van der Waals surface area contributed by atoms with E-state index in [1.807, 2.05) is 0 Å². The van der Waals surface area contributed by atoms with Gasteiger partial charge in [-0.3, -0.25) is 0 Å². The molecule has 0 bridgehead atoms. The second-order valence-electron chi connectivity index (χ2n) is 2.14. The molecule has 64 valence electrons. The number of nitrogens with one attached hydrogen (secondary N) is 1. The maximum atomic E-state index is 9.95. The minimum absolute atomic E-state index is 0.0370. The third kappa shape index (κ3) is 2.11. The summed E-state index contributed by atoms with van der Waals surface area (Å²) in [4.78, 5) is 20.1. The Labute approximate surface area is 67.3 Å². The highest BCUT2D eigenvalue weighted by molar-refractivity contribution is 4.83. The smallest absolute Gasteiger partial charge is 0.301 e. The predicted molar refractivity (Wildman–Crippen MR) is 38.4 cm³/mol. The molecule has 1 N–H and O–H groups in total. The molecule has 7 nitrogen and oxygen atoms in total. The summed E-state index contributed by atoms with van der Waals surface area (Å²) in [5, 5.41) is 12.1. The molecule has 0 aliphatic heterocycles. The number of aromatic nitrogens is 3. The number of aromatic amines is 1. The van der Waals surface area contributed by atoms with Gasteiger partial charge in [0.25, 0.3) is 0 Å². The van der Waals surface area contributed by atoms with Gasteiger partial charge in [0.1, 0.15) is 16.8 Å². The molecule has 0 spiro atoms. The number of H-pyrrole nitrogens is 1. The molecule has 1 aromatic heterocycles. The lowest BCUT2D eigenvalue weighted by atomic mass is 10.6. The maximum absolute atomic E-state index is 9.95. The van der Waals surface area contributed by atoms with Gasteiger partial charge in [0.15, 0.2) is 5.03 Å². The number of hydrogen-bond acceptors (Lipinski definition) is 4. The van der Waals surface area contributed by atoms with Crippen molar-refractivity contribution in [1.82, 2.24) is 15.0 Å². The van der Waals surface area contributed by atoms with Crippen LogP contribution < -0.4 is 5.62 Å². The number of hydrogen-bond donors (Lipinski definition) is 1. The molecule has 1 rings (SSSR count). The molecule has 0 unspecified atom stereocenters. The molecule has 0 aliphatic rings. The van der Waals surface area contributed by atoms with Crippen LogP contribution in [0.25, 0.3) is 0 Å². The van der Waals surface area contributed by atoms with E-state index in [4.69, 9.17) is 0 Å². The summed E-state index contributed by atoms with van der Waals surface area (Å²) in [5.74, 6) is 0.995. The van der Waals surface area contributed by atoms with Gasteiger partial charge in [0.2, 0.25) is 0 Å². The monoisotopic (exact) mass is 169 g/mol. The highest BCUT2D eigenvalue weighted by atomic mass is 16.7. The molecule has 0 fully saturated rings. The Balaban J connectivity index is 3.26. The van der Waals surface area contributed by atoms with Crippen LogP contribution in [0.15, 0.2) is 5.10 Å². The fraction of sp³-hybridized carbons (Fsp3) is 0.400. The van der Waals surface area contributed by atoms with Crippen LogP contribution >= 0.6 is 0 Å². The Bertz CT molecular complexity index is 345. The zero-order chi connectivity index (χ0) is 9.14. The number of nitro groups is 1. The SMILES string of the molecule is Cc1nc(C)[nH]c(=N[N+](=O)[O-])n1. The van der Waals surface area contributed by atoms with Crippen LogP contribution in [0, 0.1) is 24.0 Å². The van der Waals surface area contributed by atoms with Crippen molar-refractivity contribution in [3.8, 4) is 0 Å². The topological polar surface area (TPSA) is 97.1 Å². The van der Waals surface area contributed by atoms with Crippen molar-refractivity contribution < 1.29 is 5.03 Å². The fourth-order valence-electron chi connectivity index (χ4n) is 0.763. The summed E-state index contributed by atoms with van der Waals surface area (Å²) in [5.41, 5.74) is -0.0370. The summed E-state index contributed by atoms with van der Waals surface area (Å²) < 4.78 is 0. The minimum Gasteiger partial charge on any atom is -0.307 e. The molecule has 0 radical (unpaired) electrons. The van der Waals surface area contributed by atoms with Crippen LogP contribution in [0.4, 0.5) is 0 Å².